The summed E-state index contributed by atoms with van der Waals surface area (Å²) >= 11 is 5.87. The molecule has 2 rings (SSSR count). The Bertz CT molecular complexity index is 695. The van der Waals surface area contributed by atoms with E-state index in [-0.39, 0.29) is 12.3 Å². The zero-order valence-electron chi connectivity index (χ0n) is 12.2. The van der Waals surface area contributed by atoms with Gasteiger partial charge >= 0.3 is 5.97 Å². The van der Waals surface area contributed by atoms with Gasteiger partial charge in [0.05, 0.1) is 12.1 Å². The summed E-state index contributed by atoms with van der Waals surface area (Å²) in [6.07, 6.45) is 0.0535. The topological polar surface area (TPSA) is 95.1 Å². The third-order valence-electron chi connectivity index (χ3n) is 3.28. The molecule has 0 aliphatic carbocycles. The van der Waals surface area contributed by atoms with Gasteiger partial charge in [-0.15, -0.1) is 0 Å². The Morgan fingerprint density at radius 2 is 2.00 bits per heavy atom. The fraction of sp³-hybridized carbons (Fsp3) is 0.267. The SMILES string of the molecule is Cc1[nH]nc(-c2ccc(Cl)cc2)c1CC(=O)N[C@H](C)C(=O)O. The van der Waals surface area contributed by atoms with E-state index in [4.69, 9.17) is 16.7 Å². The number of aliphatic carboxylic acids is 1. The van der Waals surface area contributed by atoms with Crippen molar-refractivity contribution in [3.63, 3.8) is 0 Å². The number of benzene rings is 1. The molecule has 0 unspecified atom stereocenters. The van der Waals surface area contributed by atoms with E-state index in [0.717, 1.165) is 16.8 Å². The Morgan fingerprint density at radius 3 is 2.59 bits per heavy atom. The summed E-state index contributed by atoms with van der Waals surface area (Å²) in [5.41, 5.74) is 3.00. The first kappa shape index (κ1) is 16.0. The molecule has 1 aromatic heterocycles. The summed E-state index contributed by atoms with van der Waals surface area (Å²) < 4.78 is 0. The number of aromatic nitrogens is 2. The maximum Gasteiger partial charge on any atom is 0.325 e. The Kier molecular flexibility index (Phi) is 4.82. The van der Waals surface area contributed by atoms with Gasteiger partial charge in [-0.25, -0.2) is 0 Å². The predicted octanol–water partition coefficient (Wildman–Crippen LogP) is 2.17. The lowest BCUT2D eigenvalue weighted by molar-refractivity contribution is -0.141. The van der Waals surface area contributed by atoms with Crippen molar-refractivity contribution in [3.8, 4) is 11.3 Å². The maximum atomic E-state index is 12.0. The van der Waals surface area contributed by atoms with Gasteiger partial charge in [-0.3, -0.25) is 14.7 Å². The molecule has 0 aliphatic rings. The van der Waals surface area contributed by atoms with Crippen LogP contribution in [0, 0.1) is 6.92 Å². The Hall–Kier alpha value is -2.34. The van der Waals surface area contributed by atoms with Crippen molar-refractivity contribution >= 4 is 23.5 Å². The fourth-order valence-electron chi connectivity index (χ4n) is 2.03. The first-order chi connectivity index (χ1) is 10.4. The van der Waals surface area contributed by atoms with Crippen molar-refractivity contribution < 1.29 is 14.7 Å². The van der Waals surface area contributed by atoms with Gasteiger partial charge in [-0.05, 0) is 26.0 Å². The highest BCUT2D eigenvalue weighted by molar-refractivity contribution is 6.30. The number of hydrogen-bond acceptors (Lipinski definition) is 3. The molecule has 7 heteroatoms. The van der Waals surface area contributed by atoms with E-state index in [2.05, 4.69) is 15.5 Å². The summed E-state index contributed by atoms with van der Waals surface area (Å²) in [5, 5.41) is 18.9. The van der Waals surface area contributed by atoms with Crippen molar-refractivity contribution in [3.05, 3.63) is 40.5 Å². The molecule has 0 saturated carbocycles. The second-order valence-electron chi connectivity index (χ2n) is 4.99. The molecule has 3 N–H and O–H groups in total. The second-order valence-corrected chi connectivity index (χ2v) is 5.42. The number of carboxylic acids is 1. The molecule has 22 heavy (non-hydrogen) atoms. The van der Waals surface area contributed by atoms with E-state index < -0.39 is 12.0 Å². The third-order valence-corrected chi connectivity index (χ3v) is 3.53. The van der Waals surface area contributed by atoms with Gasteiger partial charge in [-0.2, -0.15) is 5.10 Å². The highest BCUT2D eigenvalue weighted by Crippen LogP contribution is 2.25. The number of carbonyl (C=O) groups is 2. The third kappa shape index (κ3) is 3.65. The highest BCUT2D eigenvalue weighted by atomic mass is 35.5. The first-order valence-electron chi connectivity index (χ1n) is 6.70. The van der Waals surface area contributed by atoms with Gasteiger partial charge in [0, 0.05) is 21.8 Å². The molecule has 1 heterocycles. The monoisotopic (exact) mass is 321 g/mol. The highest BCUT2D eigenvalue weighted by Gasteiger charge is 2.19. The van der Waals surface area contributed by atoms with Crippen LogP contribution in [0.1, 0.15) is 18.2 Å². The molecule has 116 valence electrons. The lowest BCUT2D eigenvalue weighted by Gasteiger charge is -2.10. The minimum absolute atomic E-state index is 0.0535. The normalized spacial score (nSPS) is 12.0. The molecule has 0 aliphatic heterocycles. The molecule has 2 aromatic rings. The van der Waals surface area contributed by atoms with Crippen LogP contribution >= 0.6 is 11.6 Å². The van der Waals surface area contributed by atoms with Crippen molar-refractivity contribution in [1.82, 2.24) is 15.5 Å². The minimum Gasteiger partial charge on any atom is -0.480 e. The van der Waals surface area contributed by atoms with E-state index in [1.54, 1.807) is 12.1 Å². The number of halogens is 1. The summed E-state index contributed by atoms with van der Waals surface area (Å²) in [7, 11) is 0. The van der Waals surface area contributed by atoms with E-state index in [1.165, 1.54) is 6.92 Å². The van der Waals surface area contributed by atoms with Gasteiger partial charge < -0.3 is 10.4 Å². The quantitative estimate of drug-likeness (QED) is 0.786. The largest absolute Gasteiger partial charge is 0.480 e. The summed E-state index contributed by atoms with van der Waals surface area (Å²) in [4.78, 5) is 22.8. The lowest BCUT2D eigenvalue weighted by atomic mass is 10.0. The number of rotatable bonds is 5. The molecule has 6 nitrogen and oxygen atoms in total. The van der Waals surface area contributed by atoms with E-state index >= 15 is 0 Å². The van der Waals surface area contributed by atoms with Crippen LogP contribution in [-0.4, -0.2) is 33.2 Å². The van der Waals surface area contributed by atoms with Crippen LogP contribution in [0.15, 0.2) is 24.3 Å². The van der Waals surface area contributed by atoms with Crippen LogP contribution < -0.4 is 5.32 Å². The van der Waals surface area contributed by atoms with Crippen LogP contribution in [-0.2, 0) is 16.0 Å². The number of aryl methyl sites for hydroxylation is 1. The van der Waals surface area contributed by atoms with Crippen LogP contribution in [0.4, 0.5) is 0 Å². The zero-order valence-corrected chi connectivity index (χ0v) is 12.9. The average Bonchev–Trinajstić information content (AvgIpc) is 2.81. The van der Waals surface area contributed by atoms with Crippen LogP contribution in [0.5, 0.6) is 0 Å². The van der Waals surface area contributed by atoms with Crippen molar-refractivity contribution in [2.24, 2.45) is 0 Å². The molecule has 0 bridgehead atoms. The van der Waals surface area contributed by atoms with Gasteiger partial charge in [0.2, 0.25) is 5.91 Å². The predicted molar refractivity (Wildman–Crippen MR) is 82.7 cm³/mol. The maximum absolute atomic E-state index is 12.0. The standard InChI is InChI=1S/C15H16ClN3O3/c1-8-12(7-13(20)17-9(2)15(21)22)14(19-18-8)10-3-5-11(16)6-4-10/h3-6,9H,7H2,1-2H3,(H,17,20)(H,18,19)(H,21,22)/t9-/m1/s1. The molecular weight excluding hydrogens is 306 g/mol. The van der Waals surface area contributed by atoms with Crippen molar-refractivity contribution in [2.45, 2.75) is 26.3 Å². The van der Waals surface area contributed by atoms with E-state index in [0.29, 0.717) is 10.7 Å². The Labute approximate surface area is 132 Å². The Morgan fingerprint density at radius 1 is 1.36 bits per heavy atom. The molecule has 0 spiro atoms. The van der Waals surface area contributed by atoms with Crippen LogP contribution in [0.25, 0.3) is 11.3 Å². The molecular formula is C15H16ClN3O3. The lowest BCUT2D eigenvalue weighted by Crippen LogP contribution is -2.39. The number of nitrogens with one attached hydrogen (secondary N) is 2. The van der Waals surface area contributed by atoms with Gasteiger partial charge in [0.15, 0.2) is 0 Å². The number of carbonyl (C=O) groups excluding carboxylic acids is 1. The van der Waals surface area contributed by atoms with E-state index in [1.807, 2.05) is 19.1 Å². The molecule has 0 radical (unpaired) electrons. The van der Waals surface area contributed by atoms with Gasteiger partial charge in [-0.1, -0.05) is 23.7 Å². The summed E-state index contributed by atoms with van der Waals surface area (Å²) in [6, 6.07) is 6.20. The first-order valence-corrected chi connectivity index (χ1v) is 7.08. The smallest absolute Gasteiger partial charge is 0.325 e. The van der Waals surface area contributed by atoms with Gasteiger partial charge in [0.25, 0.3) is 0 Å². The minimum atomic E-state index is -1.07. The fourth-order valence-corrected chi connectivity index (χ4v) is 2.16. The average molecular weight is 322 g/mol. The van der Waals surface area contributed by atoms with Crippen molar-refractivity contribution in [1.29, 1.82) is 0 Å². The molecule has 1 amide bonds. The summed E-state index contributed by atoms with van der Waals surface area (Å²) in [5.74, 6) is -1.44. The number of hydrogen-bond donors (Lipinski definition) is 3. The van der Waals surface area contributed by atoms with Crippen LogP contribution in [0.2, 0.25) is 5.02 Å². The number of aromatic amines is 1. The zero-order chi connectivity index (χ0) is 16.3. The number of carboxylic acid groups (broad SMARTS) is 1. The van der Waals surface area contributed by atoms with Crippen molar-refractivity contribution in [2.75, 3.05) is 0 Å². The van der Waals surface area contributed by atoms with Crippen LogP contribution in [0.3, 0.4) is 0 Å². The second kappa shape index (κ2) is 6.62. The molecule has 0 saturated heterocycles. The molecule has 0 fully saturated rings. The Balaban J connectivity index is 2.21. The molecule has 1 atom stereocenters. The summed E-state index contributed by atoms with van der Waals surface area (Å²) in [6.45, 7) is 3.23. The number of amides is 1. The number of nitrogens with zero attached hydrogens (tertiary/aromatic N) is 1. The van der Waals surface area contributed by atoms with E-state index in [9.17, 15) is 9.59 Å². The number of H-pyrrole nitrogens is 1. The van der Waals surface area contributed by atoms with Gasteiger partial charge in [0.1, 0.15) is 6.04 Å². The molecule has 1 aromatic carbocycles.